The standard InChI is InChI=1S/C10H12N2O3S/c1-8(6-11)16(14,15)12-7-9-4-2-3-5-10(9)13/h2-5,8,12-13H,7H2,1H3. The first kappa shape index (κ1) is 12.5. The first-order chi connectivity index (χ1) is 7.47. The zero-order valence-corrected chi connectivity index (χ0v) is 9.53. The van der Waals surface area contributed by atoms with E-state index < -0.39 is 15.3 Å². The molecular formula is C10H12N2O3S. The van der Waals surface area contributed by atoms with Gasteiger partial charge in [-0.25, -0.2) is 13.1 Å². The van der Waals surface area contributed by atoms with E-state index in [2.05, 4.69) is 4.72 Å². The SMILES string of the molecule is CC(C#N)S(=O)(=O)NCc1ccccc1O. The topological polar surface area (TPSA) is 90.2 Å². The van der Waals surface area contributed by atoms with Crippen LogP contribution in [-0.2, 0) is 16.6 Å². The quantitative estimate of drug-likeness (QED) is 0.811. The number of nitrogens with zero attached hydrogens (tertiary/aromatic N) is 1. The van der Waals surface area contributed by atoms with Gasteiger partial charge in [0.1, 0.15) is 5.75 Å². The van der Waals surface area contributed by atoms with E-state index in [0.717, 1.165) is 0 Å². The summed E-state index contributed by atoms with van der Waals surface area (Å²) in [5, 5.41) is 16.8. The Balaban J connectivity index is 2.74. The maximum atomic E-state index is 11.4. The molecule has 6 heteroatoms. The summed E-state index contributed by atoms with van der Waals surface area (Å²) in [5.41, 5.74) is 0.469. The zero-order chi connectivity index (χ0) is 12.2. The molecule has 0 aliphatic heterocycles. The molecular weight excluding hydrogens is 228 g/mol. The Kier molecular flexibility index (Phi) is 3.88. The van der Waals surface area contributed by atoms with Gasteiger partial charge in [-0.3, -0.25) is 0 Å². The fourth-order valence-electron chi connectivity index (χ4n) is 1.03. The van der Waals surface area contributed by atoms with Crippen molar-refractivity contribution < 1.29 is 13.5 Å². The molecule has 1 aromatic rings. The van der Waals surface area contributed by atoms with Gasteiger partial charge in [-0.1, -0.05) is 18.2 Å². The molecule has 86 valence electrons. The van der Waals surface area contributed by atoms with Gasteiger partial charge in [0.15, 0.2) is 5.25 Å². The highest BCUT2D eigenvalue weighted by atomic mass is 32.2. The number of hydrogen-bond acceptors (Lipinski definition) is 4. The second kappa shape index (κ2) is 4.96. The van der Waals surface area contributed by atoms with E-state index >= 15 is 0 Å². The van der Waals surface area contributed by atoms with Crippen molar-refractivity contribution >= 4 is 10.0 Å². The van der Waals surface area contributed by atoms with Gasteiger partial charge in [0.2, 0.25) is 10.0 Å². The first-order valence-corrected chi connectivity index (χ1v) is 6.17. The molecule has 5 nitrogen and oxygen atoms in total. The molecule has 2 N–H and O–H groups in total. The number of phenolic OH excluding ortho intramolecular Hbond substituents is 1. The third kappa shape index (κ3) is 2.95. The third-order valence-electron chi connectivity index (χ3n) is 2.10. The average molecular weight is 240 g/mol. The summed E-state index contributed by atoms with van der Waals surface area (Å²) in [7, 11) is -3.65. The van der Waals surface area contributed by atoms with Crippen molar-refractivity contribution in [2.45, 2.75) is 18.7 Å². The van der Waals surface area contributed by atoms with E-state index in [1.165, 1.54) is 13.0 Å². The van der Waals surface area contributed by atoms with Crippen LogP contribution in [0.15, 0.2) is 24.3 Å². The molecule has 16 heavy (non-hydrogen) atoms. The van der Waals surface area contributed by atoms with Crippen LogP contribution >= 0.6 is 0 Å². The monoisotopic (exact) mass is 240 g/mol. The largest absolute Gasteiger partial charge is 0.508 e. The summed E-state index contributed by atoms with van der Waals surface area (Å²) in [4.78, 5) is 0. The first-order valence-electron chi connectivity index (χ1n) is 4.62. The van der Waals surface area contributed by atoms with E-state index in [1.54, 1.807) is 24.3 Å². The Morgan fingerprint density at radius 1 is 1.50 bits per heavy atom. The predicted molar refractivity (Wildman–Crippen MR) is 58.9 cm³/mol. The second-order valence-corrected chi connectivity index (χ2v) is 5.35. The molecule has 0 saturated heterocycles. The number of sulfonamides is 1. The maximum absolute atomic E-state index is 11.4. The van der Waals surface area contributed by atoms with Crippen molar-refractivity contribution in [3.8, 4) is 11.8 Å². The van der Waals surface area contributed by atoms with Crippen LogP contribution in [0.4, 0.5) is 0 Å². The molecule has 0 spiro atoms. The predicted octanol–water partition coefficient (Wildman–Crippen LogP) is 0.724. The fourth-order valence-corrected chi connectivity index (χ4v) is 1.78. The Morgan fingerprint density at radius 2 is 2.12 bits per heavy atom. The summed E-state index contributed by atoms with van der Waals surface area (Å²) in [6.45, 7) is 1.27. The lowest BCUT2D eigenvalue weighted by atomic mass is 10.2. The van der Waals surface area contributed by atoms with E-state index in [9.17, 15) is 13.5 Å². The number of hydrogen-bond donors (Lipinski definition) is 2. The smallest absolute Gasteiger partial charge is 0.227 e. The molecule has 1 rings (SSSR count). The number of aromatic hydroxyl groups is 1. The number of nitrogens with one attached hydrogen (secondary N) is 1. The molecule has 0 heterocycles. The van der Waals surface area contributed by atoms with Crippen LogP contribution in [0, 0.1) is 11.3 Å². The van der Waals surface area contributed by atoms with Gasteiger partial charge in [0, 0.05) is 12.1 Å². The number of benzene rings is 1. The number of rotatable bonds is 4. The minimum absolute atomic E-state index is 0.0230. The van der Waals surface area contributed by atoms with Crippen molar-refractivity contribution in [2.24, 2.45) is 0 Å². The Hall–Kier alpha value is -1.58. The zero-order valence-electron chi connectivity index (χ0n) is 8.71. The molecule has 0 saturated carbocycles. The molecule has 0 bridgehead atoms. The third-order valence-corrected chi connectivity index (χ3v) is 3.69. The van der Waals surface area contributed by atoms with Crippen molar-refractivity contribution in [3.05, 3.63) is 29.8 Å². The molecule has 0 fully saturated rings. The van der Waals surface area contributed by atoms with Gasteiger partial charge < -0.3 is 5.11 Å². The number of phenols is 1. The van der Waals surface area contributed by atoms with Crippen LogP contribution < -0.4 is 4.72 Å². The summed E-state index contributed by atoms with van der Waals surface area (Å²) in [5.74, 6) is 0.0230. The van der Waals surface area contributed by atoms with Crippen LogP contribution in [0.2, 0.25) is 0 Å². The molecule has 0 aliphatic carbocycles. The van der Waals surface area contributed by atoms with Gasteiger partial charge >= 0.3 is 0 Å². The van der Waals surface area contributed by atoms with Crippen molar-refractivity contribution in [1.82, 2.24) is 4.72 Å². The van der Waals surface area contributed by atoms with Crippen LogP contribution in [0.3, 0.4) is 0 Å². The van der Waals surface area contributed by atoms with E-state index in [4.69, 9.17) is 5.26 Å². The van der Waals surface area contributed by atoms with Gasteiger partial charge in [-0.2, -0.15) is 5.26 Å². The van der Waals surface area contributed by atoms with Crippen LogP contribution in [-0.4, -0.2) is 18.8 Å². The number of para-hydroxylation sites is 1. The molecule has 0 radical (unpaired) electrons. The Labute approximate surface area is 94.4 Å². The highest BCUT2D eigenvalue weighted by Gasteiger charge is 2.19. The van der Waals surface area contributed by atoms with Crippen molar-refractivity contribution in [1.29, 1.82) is 5.26 Å². The molecule has 1 atom stereocenters. The average Bonchev–Trinajstić information content (AvgIpc) is 2.27. The number of nitriles is 1. The van der Waals surface area contributed by atoms with E-state index in [0.29, 0.717) is 5.56 Å². The summed E-state index contributed by atoms with van der Waals surface area (Å²) < 4.78 is 25.1. The van der Waals surface area contributed by atoms with Gasteiger partial charge in [0.25, 0.3) is 0 Å². The lowest BCUT2D eigenvalue weighted by Crippen LogP contribution is -2.31. The van der Waals surface area contributed by atoms with Crippen LogP contribution in [0.1, 0.15) is 12.5 Å². The molecule has 1 unspecified atom stereocenters. The van der Waals surface area contributed by atoms with Crippen molar-refractivity contribution in [2.75, 3.05) is 0 Å². The van der Waals surface area contributed by atoms with Crippen molar-refractivity contribution in [3.63, 3.8) is 0 Å². The van der Waals surface area contributed by atoms with Crippen LogP contribution in [0.25, 0.3) is 0 Å². The fraction of sp³-hybridized carbons (Fsp3) is 0.300. The van der Waals surface area contributed by atoms with Gasteiger partial charge in [-0.15, -0.1) is 0 Å². The van der Waals surface area contributed by atoms with Gasteiger partial charge in [0.05, 0.1) is 6.07 Å². The summed E-state index contributed by atoms with van der Waals surface area (Å²) >= 11 is 0. The summed E-state index contributed by atoms with van der Waals surface area (Å²) in [6, 6.07) is 8.05. The second-order valence-electron chi connectivity index (χ2n) is 3.27. The highest BCUT2D eigenvalue weighted by molar-refractivity contribution is 7.90. The Bertz CT molecular complexity index is 505. The molecule has 0 aromatic heterocycles. The van der Waals surface area contributed by atoms with E-state index in [-0.39, 0.29) is 12.3 Å². The maximum Gasteiger partial charge on any atom is 0.227 e. The molecule has 0 amide bonds. The van der Waals surface area contributed by atoms with Crippen LogP contribution in [0.5, 0.6) is 5.75 Å². The lowest BCUT2D eigenvalue weighted by molar-refractivity contribution is 0.467. The van der Waals surface area contributed by atoms with Gasteiger partial charge in [-0.05, 0) is 13.0 Å². The Morgan fingerprint density at radius 3 is 2.69 bits per heavy atom. The van der Waals surface area contributed by atoms with E-state index in [1.807, 2.05) is 0 Å². The minimum atomic E-state index is -3.65. The highest BCUT2D eigenvalue weighted by Crippen LogP contribution is 2.15. The molecule has 0 aliphatic rings. The lowest BCUT2D eigenvalue weighted by Gasteiger charge is -2.08. The minimum Gasteiger partial charge on any atom is -0.508 e. The molecule has 1 aromatic carbocycles. The summed E-state index contributed by atoms with van der Waals surface area (Å²) in [6.07, 6.45) is 0. The normalized spacial score (nSPS) is 13.0.